The van der Waals surface area contributed by atoms with Crippen LogP contribution in [0.3, 0.4) is 0 Å². The first-order chi connectivity index (χ1) is 12.2. The Bertz CT molecular complexity index is 537. The molecular formula is C19H31FIN3O2. The third kappa shape index (κ3) is 8.18. The van der Waals surface area contributed by atoms with Crippen molar-refractivity contribution in [2.45, 2.75) is 31.8 Å². The van der Waals surface area contributed by atoms with Gasteiger partial charge in [0.05, 0.1) is 6.10 Å². The number of ether oxygens (including phenoxy) is 2. The van der Waals surface area contributed by atoms with E-state index in [1.807, 2.05) is 6.07 Å². The van der Waals surface area contributed by atoms with Crippen molar-refractivity contribution < 1.29 is 13.9 Å². The number of hydrogen-bond acceptors (Lipinski definition) is 3. The minimum Gasteiger partial charge on any atom is -0.385 e. The molecule has 1 N–H and O–H groups in total. The van der Waals surface area contributed by atoms with Crippen LogP contribution in [0.25, 0.3) is 0 Å². The van der Waals surface area contributed by atoms with E-state index in [-0.39, 0.29) is 29.8 Å². The standard InChI is InChI=1S/C19H30FN3O2.HI/c1-21-19(22-10-7-16-5-3-6-17(20)15-16)23-11-8-18(9-12-23)25-14-4-13-24-2;/h3,5-6,15,18H,4,7-14H2,1-2H3,(H,21,22);1H. The molecule has 0 aliphatic carbocycles. The summed E-state index contributed by atoms with van der Waals surface area (Å²) in [6.45, 7) is 4.13. The second-order valence-corrected chi connectivity index (χ2v) is 6.26. The highest BCUT2D eigenvalue weighted by Crippen LogP contribution is 2.14. The summed E-state index contributed by atoms with van der Waals surface area (Å²) in [6.07, 6.45) is 4.07. The van der Waals surface area contributed by atoms with E-state index in [0.29, 0.717) is 6.10 Å². The van der Waals surface area contributed by atoms with E-state index in [1.165, 1.54) is 6.07 Å². The number of guanidine groups is 1. The van der Waals surface area contributed by atoms with Crippen LogP contribution in [0.15, 0.2) is 29.3 Å². The maximum Gasteiger partial charge on any atom is 0.193 e. The monoisotopic (exact) mass is 479 g/mol. The molecule has 1 aromatic rings. The predicted molar refractivity (Wildman–Crippen MR) is 114 cm³/mol. The summed E-state index contributed by atoms with van der Waals surface area (Å²) in [4.78, 5) is 6.64. The van der Waals surface area contributed by atoms with Crippen molar-refractivity contribution in [2.24, 2.45) is 4.99 Å². The summed E-state index contributed by atoms with van der Waals surface area (Å²) in [5.41, 5.74) is 0.992. The molecule has 148 valence electrons. The van der Waals surface area contributed by atoms with Gasteiger partial charge < -0.3 is 19.7 Å². The second-order valence-electron chi connectivity index (χ2n) is 6.26. The van der Waals surface area contributed by atoms with Crippen LogP contribution in [-0.2, 0) is 15.9 Å². The molecule has 0 atom stereocenters. The normalized spacial score (nSPS) is 15.7. The van der Waals surface area contributed by atoms with Crippen LogP contribution in [0, 0.1) is 5.82 Å². The van der Waals surface area contributed by atoms with E-state index in [4.69, 9.17) is 9.47 Å². The van der Waals surface area contributed by atoms with Gasteiger partial charge in [0.25, 0.3) is 0 Å². The van der Waals surface area contributed by atoms with E-state index >= 15 is 0 Å². The fourth-order valence-corrected chi connectivity index (χ4v) is 3.03. The molecule has 0 saturated carbocycles. The highest BCUT2D eigenvalue weighted by molar-refractivity contribution is 14.0. The van der Waals surface area contributed by atoms with Crippen molar-refractivity contribution in [3.05, 3.63) is 35.6 Å². The Morgan fingerprint density at radius 2 is 2.08 bits per heavy atom. The van der Waals surface area contributed by atoms with Crippen LogP contribution in [0.4, 0.5) is 4.39 Å². The zero-order chi connectivity index (χ0) is 17.9. The summed E-state index contributed by atoms with van der Waals surface area (Å²) in [7, 11) is 3.52. The summed E-state index contributed by atoms with van der Waals surface area (Å²) >= 11 is 0. The van der Waals surface area contributed by atoms with Gasteiger partial charge in [0.15, 0.2) is 5.96 Å². The summed E-state index contributed by atoms with van der Waals surface area (Å²) in [5.74, 6) is 0.726. The first-order valence-corrected chi connectivity index (χ1v) is 9.03. The van der Waals surface area contributed by atoms with Crippen LogP contribution in [0.1, 0.15) is 24.8 Å². The quantitative estimate of drug-likeness (QED) is 0.270. The molecule has 2 rings (SSSR count). The maximum absolute atomic E-state index is 13.2. The van der Waals surface area contributed by atoms with Gasteiger partial charge in [-0.05, 0) is 43.4 Å². The van der Waals surface area contributed by atoms with Gasteiger partial charge in [-0.1, -0.05) is 12.1 Å². The van der Waals surface area contributed by atoms with Gasteiger partial charge in [-0.3, -0.25) is 4.99 Å². The van der Waals surface area contributed by atoms with Crippen molar-refractivity contribution in [1.82, 2.24) is 10.2 Å². The number of benzene rings is 1. The Balaban J connectivity index is 0.00000338. The summed E-state index contributed by atoms with van der Waals surface area (Å²) < 4.78 is 24.1. The Hall–Kier alpha value is -0.930. The van der Waals surface area contributed by atoms with E-state index in [9.17, 15) is 4.39 Å². The predicted octanol–water partition coefficient (Wildman–Crippen LogP) is 3.08. The van der Waals surface area contributed by atoms with Crippen molar-refractivity contribution in [1.29, 1.82) is 0 Å². The lowest BCUT2D eigenvalue weighted by Crippen LogP contribution is -2.47. The average molecular weight is 479 g/mol. The van der Waals surface area contributed by atoms with Gasteiger partial charge in [-0.25, -0.2) is 4.39 Å². The van der Waals surface area contributed by atoms with Crippen LogP contribution >= 0.6 is 24.0 Å². The lowest BCUT2D eigenvalue weighted by atomic mass is 10.1. The molecule has 1 heterocycles. The zero-order valence-electron chi connectivity index (χ0n) is 15.7. The van der Waals surface area contributed by atoms with Crippen molar-refractivity contribution in [3.63, 3.8) is 0 Å². The number of methoxy groups -OCH3 is 1. The first kappa shape index (κ1) is 23.1. The molecule has 5 nitrogen and oxygen atoms in total. The third-order valence-corrected chi connectivity index (χ3v) is 4.39. The Labute approximate surface area is 173 Å². The van der Waals surface area contributed by atoms with E-state index in [1.54, 1.807) is 26.3 Å². The molecule has 0 unspecified atom stereocenters. The van der Waals surface area contributed by atoms with Gasteiger partial charge in [-0.2, -0.15) is 0 Å². The largest absolute Gasteiger partial charge is 0.385 e. The molecule has 0 aromatic heterocycles. The highest BCUT2D eigenvalue weighted by atomic mass is 127. The van der Waals surface area contributed by atoms with E-state index in [2.05, 4.69) is 15.2 Å². The van der Waals surface area contributed by atoms with Crippen molar-refractivity contribution >= 4 is 29.9 Å². The number of likely N-dealkylation sites (tertiary alicyclic amines) is 1. The molecule has 0 radical (unpaired) electrons. The Kier molecular flexibility index (Phi) is 11.8. The number of piperidine rings is 1. The van der Waals surface area contributed by atoms with Crippen LogP contribution < -0.4 is 5.32 Å². The molecule has 1 aliphatic rings. The minimum absolute atomic E-state index is 0. The number of rotatable bonds is 8. The number of nitrogens with one attached hydrogen (secondary N) is 1. The van der Waals surface area contributed by atoms with Gasteiger partial charge in [0, 0.05) is 47.0 Å². The first-order valence-electron chi connectivity index (χ1n) is 9.03. The second kappa shape index (κ2) is 13.3. The molecule has 1 saturated heterocycles. The SMILES string of the molecule is CN=C(NCCc1cccc(F)c1)N1CCC(OCCCOC)CC1.I. The molecule has 26 heavy (non-hydrogen) atoms. The zero-order valence-corrected chi connectivity index (χ0v) is 18.1. The van der Waals surface area contributed by atoms with Gasteiger partial charge in [0.2, 0.25) is 0 Å². The van der Waals surface area contributed by atoms with Crippen LogP contribution in [-0.4, -0.2) is 64.0 Å². The highest BCUT2D eigenvalue weighted by Gasteiger charge is 2.21. The van der Waals surface area contributed by atoms with E-state index < -0.39 is 0 Å². The number of halogens is 2. The van der Waals surface area contributed by atoms with Gasteiger partial charge in [-0.15, -0.1) is 24.0 Å². The number of nitrogens with zero attached hydrogens (tertiary/aromatic N) is 2. The van der Waals surface area contributed by atoms with Crippen molar-refractivity contribution in [3.8, 4) is 0 Å². The van der Waals surface area contributed by atoms with Crippen molar-refractivity contribution in [2.75, 3.05) is 47.0 Å². The molecule has 0 spiro atoms. The molecule has 1 aliphatic heterocycles. The number of aliphatic imine (C=N–C) groups is 1. The third-order valence-electron chi connectivity index (χ3n) is 4.39. The fourth-order valence-electron chi connectivity index (χ4n) is 3.03. The Morgan fingerprint density at radius 3 is 2.73 bits per heavy atom. The average Bonchev–Trinajstić information content (AvgIpc) is 2.63. The van der Waals surface area contributed by atoms with Crippen LogP contribution in [0.5, 0.6) is 0 Å². The summed E-state index contributed by atoms with van der Waals surface area (Å²) in [6, 6.07) is 6.74. The maximum atomic E-state index is 13.2. The fraction of sp³-hybridized carbons (Fsp3) is 0.632. The summed E-state index contributed by atoms with van der Waals surface area (Å²) in [5, 5.41) is 3.38. The van der Waals surface area contributed by atoms with Gasteiger partial charge >= 0.3 is 0 Å². The van der Waals surface area contributed by atoms with E-state index in [0.717, 1.165) is 70.1 Å². The molecule has 0 bridgehead atoms. The molecule has 7 heteroatoms. The lowest BCUT2D eigenvalue weighted by Gasteiger charge is -2.34. The smallest absolute Gasteiger partial charge is 0.193 e. The molecule has 1 fully saturated rings. The number of hydrogen-bond donors (Lipinski definition) is 1. The molecular weight excluding hydrogens is 448 g/mol. The molecule has 1 aromatic carbocycles. The lowest BCUT2D eigenvalue weighted by molar-refractivity contribution is 0.00992. The minimum atomic E-state index is -0.186. The van der Waals surface area contributed by atoms with Gasteiger partial charge in [0.1, 0.15) is 5.82 Å². The van der Waals surface area contributed by atoms with Crippen LogP contribution in [0.2, 0.25) is 0 Å². The topological polar surface area (TPSA) is 46.1 Å². The molecule has 0 amide bonds. The Morgan fingerprint density at radius 1 is 1.31 bits per heavy atom.